The first-order valence-corrected chi connectivity index (χ1v) is 14.3. The lowest BCUT2D eigenvalue weighted by molar-refractivity contribution is 0.122. The molecule has 2 aromatic carbocycles. The van der Waals surface area contributed by atoms with Gasteiger partial charge in [-0.3, -0.25) is 9.47 Å². The van der Waals surface area contributed by atoms with Gasteiger partial charge in [0.2, 0.25) is 0 Å². The molecule has 0 unspecified atom stereocenters. The molecule has 4 aromatic rings. The van der Waals surface area contributed by atoms with Crippen molar-refractivity contribution in [3.05, 3.63) is 99.4 Å². The number of carbonyl (C=O) groups is 1. The number of carbonyl (C=O) groups excluding carboxylic acids is 1. The molecule has 7 nitrogen and oxygen atoms in total. The van der Waals surface area contributed by atoms with E-state index in [1.165, 1.54) is 11.3 Å². The number of fused-ring (bicyclic) bond motifs is 3. The highest BCUT2D eigenvalue weighted by Crippen LogP contribution is 2.34. The van der Waals surface area contributed by atoms with E-state index in [-0.39, 0.29) is 6.03 Å². The van der Waals surface area contributed by atoms with Crippen molar-refractivity contribution >= 4 is 51.9 Å². The number of pyridine rings is 1. The Balaban J connectivity index is 1.28. The second-order valence-corrected chi connectivity index (χ2v) is 11.0. The Labute approximate surface area is 243 Å². The molecule has 1 fully saturated rings. The molecule has 0 bridgehead atoms. The number of halogens is 2. The van der Waals surface area contributed by atoms with Gasteiger partial charge in [-0.25, -0.2) is 9.78 Å². The molecule has 2 aromatic heterocycles. The van der Waals surface area contributed by atoms with Crippen LogP contribution in [0.25, 0.3) is 17.0 Å². The van der Waals surface area contributed by atoms with Crippen molar-refractivity contribution in [2.75, 3.05) is 44.3 Å². The van der Waals surface area contributed by atoms with Crippen molar-refractivity contribution in [2.45, 2.75) is 19.5 Å². The van der Waals surface area contributed by atoms with E-state index in [2.05, 4.69) is 50.5 Å². The number of amides is 1. The zero-order chi connectivity index (χ0) is 27.5. The summed E-state index contributed by atoms with van der Waals surface area (Å²) >= 11 is 12.1. The fraction of sp³-hybridized carbons (Fsp3) is 0.290. The fourth-order valence-electron chi connectivity index (χ4n) is 5.53. The van der Waals surface area contributed by atoms with Crippen LogP contribution in [0.3, 0.4) is 0 Å². The van der Waals surface area contributed by atoms with E-state index < -0.39 is 0 Å². The Morgan fingerprint density at radius 1 is 1.02 bits per heavy atom. The van der Waals surface area contributed by atoms with Crippen LogP contribution in [0.15, 0.2) is 66.9 Å². The van der Waals surface area contributed by atoms with Crippen LogP contribution in [0.5, 0.6) is 0 Å². The summed E-state index contributed by atoms with van der Waals surface area (Å²) in [6.45, 7) is 6.05. The maximum atomic E-state index is 13.6. The van der Waals surface area contributed by atoms with Gasteiger partial charge in [-0.1, -0.05) is 47.5 Å². The quantitative estimate of drug-likeness (QED) is 0.285. The fourth-order valence-corrected chi connectivity index (χ4v) is 5.85. The third-order valence-corrected chi connectivity index (χ3v) is 8.03. The first-order chi connectivity index (χ1) is 19.5. The van der Waals surface area contributed by atoms with E-state index in [1.807, 2.05) is 34.9 Å². The second kappa shape index (κ2) is 12.0. The van der Waals surface area contributed by atoms with Crippen molar-refractivity contribution in [1.82, 2.24) is 19.8 Å². The number of nitrogens with one attached hydrogen (secondary N) is 1. The Bertz CT molecular complexity index is 1540. The van der Waals surface area contributed by atoms with Gasteiger partial charge in [0.15, 0.2) is 0 Å². The van der Waals surface area contributed by atoms with Gasteiger partial charge in [0.05, 0.1) is 18.7 Å². The van der Waals surface area contributed by atoms with Gasteiger partial charge in [-0.05, 0) is 59.2 Å². The van der Waals surface area contributed by atoms with Crippen LogP contribution in [0, 0.1) is 0 Å². The molecule has 4 heterocycles. The number of aromatic nitrogens is 2. The van der Waals surface area contributed by atoms with Crippen LogP contribution in [0.1, 0.15) is 22.4 Å². The summed E-state index contributed by atoms with van der Waals surface area (Å²) in [6.07, 6.45) is 6.77. The van der Waals surface area contributed by atoms with Gasteiger partial charge in [-0.15, -0.1) is 0 Å². The summed E-state index contributed by atoms with van der Waals surface area (Å²) in [5, 5.41) is 5.38. The van der Waals surface area contributed by atoms with Crippen LogP contribution < -0.4 is 10.2 Å². The third-order valence-electron chi connectivity index (χ3n) is 7.57. The van der Waals surface area contributed by atoms with Crippen molar-refractivity contribution in [3.63, 3.8) is 0 Å². The van der Waals surface area contributed by atoms with Gasteiger partial charge in [0, 0.05) is 73.7 Å². The van der Waals surface area contributed by atoms with E-state index >= 15 is 0 Å². The monoisotopic (exact) mass is 575 g/mol. The van der Waals surface area contributed by atoms with Gasteiger partial charge >= 0.3 is 6.03 Å². The Morgan fingerprint density at radius 2 is 1.85 bits per heavy atom. The summed E-state index contributed by atoms with van der Waals surface area (Å²) in [4.78, 5) is 22.4. The molecular formula is C31H31Cl2N5O2. The van der Waals surface area contributed by atoms with E-state index in [4.69, 9.17) is 27.9 Å². The SMILES string of the molecule is O=C(NCc1ccnc(Cl)c1)n1c2c(c3cc(N4CCOCC4)ccc31)CN(CC=Cc1ccc(Cl)cc1)CC2. The van der Waals surface area contributed by atoms with Crippen LogP contribution in [0.2, 0.25) is 10.2 Å². The minimum absolute atomic E-state index is 0.130. The van der Waals surface area contributed by atoms with Crippen molar-refractivity contribution in [1.29, 1.82) is 0 Å². The summed E-state index contributed by atoms with van der Waals surface area (Å²) in [6, 6.07) is 17.8. The topological polar surface area (TPSA) is 62.6 Å². The van der Waals surface area contributed by atoms with Crippen LogP contribution in [-0.4, -0.2) is 59.9 Å². The van der Waals surface area contributed by atoms with E-state index in [0.29, 0.717) is 11.7 Å². The summed E-state index contributed by atoms with van der Waals surface area (Å²) in [5.74, 6) is 0. The maximum Gasteiger partial charge on any atom is 0.326 e. The van der Waals surface area contributed by atoms with E-state index in [1.54, 1.807) is 12.3 Å². The molecule has 0 radical (unpaired) electrons. The van der Waals surface area contributed by atoms with E-state index in [0.717, 1.165) is 85.1 Å². The Hall–Kier alpha value is -3.36. The number of benzene rings is 2. The molecule has 1 amide bonds. The first-order valence-electron chi connectivity index (χ1n) is 13.6. The smallest absolute Gasteiger partial charge is 0.326 e. The molecule has 0 spiro atoms. The van der Waals surface area contributed by atoms with Gasteiger partial charge in [0.1, 0.15) is 5.15 Å². The molecule has 6 rings (SSSR count). The molecule has 0 atom stereocenters. The third kappa shape index (κ3) is 5.88. The molecular weight excluding hydrogens is 545 g/mol. The molecule has 2 aliphatic rings. The van der Waals surface area contributed by atoms with Gasteiger partial charge in [0.25, 0.3) is 0 Å². The summed E-state index contributed by atoms with van der Waals surface area (Å²) < 4.78 is 7.44. The molecule has 9 heteroatoms. The number of morpholine rings is 1. The summed E-state index contributed by atoms with van der Waals surface area (Å²) in [7, 11) is 0. The molecule has 0 aliphatic carbocycles. The Kier molecular flexibility index (Phi) is 8.07. The zero-order valence-electron chi connectivity index (χ0n) is 22.2. The average molecular weight is 577 g/mol. The number of ether oxygens (including phenoxy) is 1. The highest BCUT2D eigenvalue weighted by atomic mass is 35.5. The maximum absolute atomic E-state index is 13.6. The zero-order valence-corrected chi connectivity index (χ0v) is 23.7. The lowest BCUT2D eigenvalue weighted by Gasteiger charge is -2.29. The van der Waals surface area contributed by atoms with Crippen LogP contribution in [0.4, 0.5) is 10.5 Å². The molecule has 206 valence electrons. The van der Waals surface area contributed by atoms with Crippen molar-refractivity contribution < 1.29 is 9.53 Å². The minimum Gasteiger partial charge on any atom is -0.378 e. The molecule has 1 saturated heterocycles. The van der Waals surface area contributed by atoms with Crippen molar-refractivity contribution in [2.24, 2.45) is 0 Å². The number of rotatable bonds is 6. The molecule has 0 saturated carbocycles. The highest BCUT2D eigenvalue weighted by molar-refractivity contribution is 6.30. The largest absolute Gasteiger partial charge is 0.378 e. The lowest BCUT2D eigenvalue weighted by atomic mass is 10.0. The first kappa shape index (κ1) is 26.8. The summed E-state index contributed by atoms with van der Waals surface area (Å²) in [5.41, 5.74) is 6.44. The molecule has 40 heavy (non-hydrogen) atoms. The van der Waals surface area contributed by atoms with Gasteiger partial charge in [-0.2, -0.15) is 0 Å². The number of hydrogen-bond donors (Lipinski definition) is 1. The van der Waals surface area contributed by atoms with Crippen LogP contribution in [-0.2, 0) is 24.2 Å². The van der Waals surface area contributed by atoms with E-state index in [9.17, 15) is 4.79 Å². The van der Waals surface area contributed by atoms with Gasteiger partial charge < -0.3 is 15.0 Å². The predicted octanol–water partition coefficient (Wildman–Crippen LogP) is 6.01. The number of nitrogens with zero attached hydrogens (tertiary/aromatic N) is 4. The normalized spacial score (nSPS) is 16.0. The number of anilines is 1. The second-order valence-electron chi connectivity index (χ2n) is 10.1. The molecule has 1 N–H and O–H groups in total. The lowest BCUT2D eigenvalue weighted by Crippen LogP contribution is -2.36. The number of hydrogen-bond acceptors (Lipinski definition) is 5. The average Bonchev–Trinajstić information content (AvgIpc) is 3.30. The Morgan fingerprint density at radius 3 is 2.65 bits per heavy atom. The highest BCUT2D eigenvalue weighted by Gasteiger charge is 2.27. The molecule has 2 aliphatic heterocycles. The predicted molar refractivity (Wildman–Crippen MR) is 161 cm³/mol. The van der Waals surface area contributed by atoms with Crippen LogP contribution >= 0.6 is 23.2 Å². The standard InChI is InChI=1S/C31H31Cl2N5O2/c32-24-5-3-22(4-6-24)2-1-12-36-13-10-29-27(21-36)26-19-25(37-14-16-40-17-15-37)7-8-28(26)38(29)31(39)35-20-23-9-11-34-30(33)18-23/h1-9,11,18-19H,10,12-17,20-21H2,(H,35,39). The minimum atomic E-state index is -0.130. The van der Waals surface area contributed by atoms with Crippen molar-refractivity contribution in [3.8, 4) is 0 Å².